The van der Waals surface area contributed by atoms with Crippen LogP contribution in [0.1, 0.15) is 30.9 Å². The first kappa shape index (κ1) is 18.4. The number of hydrogen-bond donors (Lipinski definition) is 2. The van der Waals surface area contributed by atoms with Crippen LogP contribution in [0.3, 0.4) is 0 Å². The largest absolute Gasteiger partial charge is 0.481 e. The van der Waals surface area contributed by atoms with E-state index in [1.807, 2.05) is 36.1 Å². The van der Waals surface area contributed by atoms with Crippen molar-refractivity contribution in [1.82, 2.24) is 10.2 Å². The molecule has 0 spiro atoms. The van der Waals surface area contributed by atoms with Gasteiger partial charge in [0.1, 0.15) is 0 Å². The van der Waals surface area contributed by atoms with Gasteiger partial charge in [0.25, 0.3) is 0 Å². The summed E-state index contributed by atoms with van der Waals surface area (Å²) in [5.74, 6) is -1.21. The number of likely N-dealkylation sites (tertiary alicyclic amines) is 1. The van der Waals surface area contributed by atoms with Gasteiger partial charge in [-0.1, -0.05) is 24.3 Å². The van der Waals surface area contributed by atoms with Crippen molar-refractivity contribution >= 4 is 11.9 Å². The first-order valence-electron chi connectivity index (χ1n) is 8.46. The van der Waals surface area contributed by atoms with Gasteiger partial charge in [-0.05, 0) is 37.4 Å². The molecule has 1 atom stereocenters. The van der Waals surface area contributed by atoms with Crippen LogP contribution in [0.15, 0.2) is 24.3 Å². The van der Waals surface area contributed by atoms with Gasteiger partial charge >= 0.3 is 5.97 Å². The Bertz CT molecular complexity index is 562. The molecular formula is C18H26N2O4. The van der Waals surface area contributed by atoms with Crippen molar-refractivity contribution in [2.45, 2.75) is 32.9 Å². The molecule has 1 aliphatic rings. The maximum Gasteiger partial charge on any atom is 0.307 e. The van der Waals surface area contributed by atoms with Gasteiger partial charge < -0.3 is 15.2 Å². The number of carbonyl (C=O) groups excluding carboxylic acids is 1. The fourth-order valence-electron chi connectivity index (χ4n) is 2.94. The summed E-state index contributed by atoms with van der Waals surface area (Å²) in [6.45, 7) is 5.07. The summed E-state index contributed by atoms with van der Waals surface area (Å²) in [4.78, 5) is 25.2. The van der Waals surface area contributed by atoms with Crippen LogP contribution >= 0.6 is 0 Å². The molecule has 1 unspecified atom stereocenters. The smallest absolute Gasteiger partial charge is 0.307 e. The molecule has 132 valence electrons. The van der Waals surface area contributed by atoms with Crippen molar-refractivity contribution in [3.63, 3.8) is 0 Å². The van der Waals surface area contributed by atoms with E-state index in [0.717, 1.165) is 24.1 Å². The van der Waals surface area contributed by atoms with E-state index >= 15 is 0 Å². The second-order valence-corrected chi connectivity index (χ2v) is 6.10. The Balaban J connectivity index is 1.82. The molecule has 24 heavy (non-hydrogen) atoms. The van der Waals surface area contributed by atoms with Crippen LogP contribution in [0.25, 0.3) is 0 Å². The molecule has 1 aromatic carbocycles. The van der Waals surface area contributed by atoms with Crippen LogP contribution in [0.2, 0.25) is 0 Å². The first-order chi connectivity index (χ1) is 11.6. The van der Waals surface area contributed by atoms with E-state index in [-0.39, 0.29) is 18.4 Å². The van der Waals surface area contributed by atoms with E-state index in [4.69, 9.17) is 9.84 Å². The Labute approximate surface area is 142 Å². The number of rotatable bonds is 8. The quantitative estimate of drug-likeness (QED) is 0.755. The molecular weight excluding hydrogens is 308 g/mol. The van der Waals surface area contributed by atoms with Gasteiger partial charge in [-0.3, -0.25) is 14.5 Å². The second-order valence-electron chi connectivity index (χ2n) is 6.10. The molecule has 6 nitrogen and oxygen atoms in total. The summed E-state index contributed by atoms with van der Waals surface area (Å²) in [6, 6.07) is 7.88. The van der Waals surface area contributed by atoms with E-state index in [9.17, 15) is 9.59 Å². The molecule has 2 N–H and O–H groups in total. The number of piperidine rings is 1. The molecule has 0 aliphatic carbocycles. The zero-order chi connectivity index (χ0) is 17.4. The van der Waals surface area contributed by atoms with E-state index in [0.29, 0.717) is 32.7 Å². The molecule has 1 saturated heterocycles. The summed E-state index contributed by atoms with van der Waals surface area (Å²) < 4.78 is 5.45. The van der Waals surface area contributed by atoms with Crippen molar-refractivity contribution in [2.24, 2.45) is 5.92 Å². The van der Waals surface area contributed by atoms with Crippen LogP contribution < -0.4 is 5.32 Å². The van der Waals surface area contributed by atoms with Crippen molar-refractivity contribution in [3.05, 3.63) is 35.4 Å². The molecule has 2 rings (SSSR count). The minimum Gasteiger partial charge on any atom is -0.481 e. The molecule has 1 aliphatic heterocycles. The maximum absolute atomic E-state index is 12.2. The van der Waals surface area contributed by atoms with E-state index < -0.39 is 5.97 Å². The van der Waals surface area contributed by atoms with Gasteiger partial charge in [-0.25, -0.2) is 0 Å². The summed E-state index contributed by atoms with van der Waals surface area (Å²) in [6.07, 6.45) is 1.51. The normalized spacial score (nSPS) is 18.3. The van der Waals surface area contributed by atoms with Crippen LogP contribution in [-0.4, -0.2) is 48.1 Å². The third-order valence-electron chi connectivity index (χ3n) is 4.28. The molecule has 0 saturated carbocycles. The lowest BCUT2D eigenvalue weighted by Crippen LogP contribution is -2.44. The summed E-state index contributed by atoms with van der Waals surface area (Å²) in [7, 11) is 0. The van der Waals surface area contributed by atoms with Gasteiger partial charge in [-0.2, -0.15) is 0 Å². The molecule has 1 heterocycles. The molecule has 1 aromatic rings. The minimum absolute atomic E-state index is 0.0766. The van der Waals surface area contributed by atoms with Gasteiger partial charge in [0, 0.05) is 19.7 Å². The summed E-state index contributed by atoms with van der Waals surface area (Å²) >= 11 is 0. The number of benzene rings is 1. The predicted octanol–water partition coefficient (Wildman–Crippen LogP) is 1.64. The second kappa shape index (κ2) is 9.39. The third kappa shape index (κ3) is 5.62. The molecule has 1 fully saturated rings. The number of nitrogens with zero attached hydrogens (tertiary/aromatic N) is 1. The summed E-state index contributed by atoms with van der Waals surface area (Å²) in [5.41, 5.74) is 2.12. The molecule has 0 bridgehead atoms. The fraction of sp³-hybridized carbons (Fsp3) is 0.556. The number of carboxylic acid groups (broad SMARTS) is 1. The number of ether oxygens (including phenoxy) is 1. The molecule has 0 aromatic heterocycles. The number of carboxylic acids is 1. The van der Waals surface area contributed by atoms with Gasteiger partial charge in [0.15, 0.2) is 0 Å². The van der Waals surface area contributed by atoms with Crippen LogP contribution in [0.4, 0.5) is 0 Å². The highest BCUT2D eigenvalue weighted by molar-refractivity contribution is 5.78. The highest BCUT2D eigenvalue weighted by Gasteiger charge is 2.26. The van der Waals surface area contributed by atoms with Crippen molar-refractivity contribution in [3.8, 4) is 0 Å². The monoisotopic (exact) mass is 334 g/mol. The highest BCUT2D eigenvalue weighted by atomic mass is 16.5. The Morgan fingerprint density at radius 3 is 2.79 bits per heavy atom. The molecule has 0 radical (unpaired) electrons. The Morgan fingerprint density at radius 1 is 1.33 bits per heavy atom. The SMILES string of the molecule is CCOCc1ccccc1CNC(=O)CN1CCCC(C(=O)O)C1. The third-order valence-corrected chi connectivity index (χ3v) is 4.28. The van der Waals surface area contributed by atoms with Gasteiger partial charge in [0.05, 0.1) is 19.1 Å². The Kier molecular flexibility index (Phi) is 7.21. The fourth-order valence-corrected chi connectivity index (χ4v) is 2.94. The van der Waals surface area contributed by atoms with Crippen LogP contribution in [0.5, 0.6) is 0 Å². The van der Waals surface area contributed by atoms with Crippen LogP contribution in [-0.2, 0) is 27.5 Å². The van der Waals surface area contributed by atoms with Gasteiger partial charge in [0.2, 0.25) is 5.91 Å². The van der Waals surface area contributed by atoms with Crippen LogP contribution in [0, 0.1) is 5.92 Å². The van der Waals surface area contributed by atoms with E-state index in [1.165, 1.54) is 0 Å². The average Bonchev–Trinajstić information content (AvgIpc) is 2.59. The Hall–Kier alpha value is -1.92. The van der Waals surface area contributed by atoms with E-state index in [1.54, 1.807) is 0 Å². The topological polar surface area (TPSA) is 78.9 Å². The first-order valence-corrected chi connectivity index (χ1v) is 8.46. The maximum atomic E-state index is 12.2. The number of hydrogen-bond acceptors (Lipinski definition) is 4. The lowest BCUT2D eigenvalue weighted by Gasteiger charge is -2.29. The minimum atomic E-state index is -0.773. The van der Waals surface area contributed by atoms with Crippen molar-refractivity contribution < 1.29 is 19.4 Å². The zero-order valence-corrected chi connectivity index (χ0v) is 14.2. The van der Waals surface area contributed by atoms with Gasteiger partial charge in [-0.15, -0.1) is 0 Å². The average molecular weight is 334 g/mol. The number of aliphatic carboxylic acids is 1. The molecule has 1 amide bonds. The number of amides is 1. The number of nitrogens with one attached hydrogen (secondary N) is 1. The van der Waals surface area contributed by atoms with E-state index in [2.05, 4.69) is 5.32 Å². The summed E-state index contributed by atoms with van der Waals surface area (Å²) in [5, 5.41) is 12.0. The number of carbonyl (C=O) groups is 2. The zero-order valence-electron chi connectivity index (χ0n) is 14.2. The lowest BCUT2D eigenvalue weighted by molar-refractivity contribution is -0.144. The standard InChI is InChI=1S/C18H26N2O4/c1-2-24-13-16-7-4-3-6-14(16)10-19-17(21)12-20-9-5-8-15(11-20)18(22)23/h3-4,6-7,15H,2,5,8-13H2,1H3,(H,19,21)(H,22,23). The Morgan fingerprint density at radius 2 is 2.08 bits per heavy atom. The predicted molar refractivity (Wildman–Crippen MR) is 90.4 cm³/mol. The van der Waals surface area contributed by atoms with Crippen molar-refractivity contribution in [2.75, 3.05) is 26.2 Å². The van der Waals surface area contributed by atoms with Crippen molar-refractivity contribution in [1.29, 1.82) is 0 Å². The molecule has 6 heteroatoms. The lowest BCUT2D eigenvalue weighted by atomic mass is 9.98. The highest BCUT2D eigenvalue weighted by Crippen LogP contribution is 2.16.